The van der Waals surface area contributed by atoms with E-state index in [1.807, 2.05) is 24.5 Å². The van der Waals surface area contributed by atoms with Gasteiger partial charge in [-0.2, -0.15) is 0 Å². The molecule has 0 amide bonds. The first kappa shape index (κ1) is 60.6. The van der Waals surface area contributed by atoms with Crippen LogP contribution >= 0.6 is 0 Å². The fourth-order valence-corrected chi connectivity index (χ4v) is 10.2. The van der Waals surface area contributed by atoms with Crippen LogP contribution in [0.1, 0.15) is 242 Å². The lowest BCUT2D eigenvalue weighted by molar-refractivity contribution is 0.822. The van der Waals surface area contributed by atoms with E-state index in [0.29, 0.717) is 47.3 Å². The highest BCUT2D eigenvalue weighted by Crippen LogP contribution is 2.40. The highest BCUT2D eigenvalue weighted by molar-refractivity contribution is 6.07. The molecule has 6 aromatic rings. The number of para-hydroxylation sites is 4. The highest BCUT2D eigenvalue weighted by atomic mass is 14.9. The summed E-state index contributed by atoms with van der Waals surface area (Å²) in [4.78, 5) is 25.5. The van der Waals surface area contributed by atoms with Gasteiger partial charge in [-0.05, 0) is 149 Å². The molecule has 6 nitrogen and oxygen atoms in total. The third kappa shape index (κ3) is 15.9. The molecule has 4 aromatic carbocycles. The lowest BCUT2D eigenvalue weighted by atomic mass is 9.90. The number of nitrogens with one attached hydrogen (secondary N) is 1. The fourth-order valence-electron chi connectivity index (χ4n) is 10.2. The van der Waals surface area contributed by atoms with Crippen molar-refractivity contribution in [2.75, 3.05) is 5.32 Å². The molecule has 76 heavy (non-hydrogen) atoms. The van der Waals surface area contributed by atoms with E-state index in [1.165, 1.54) is 55.8 Å². The van der Waals surface area contributed by atoms with Gasteiger partial charge in [-0.1, -0.05) is 196 Å². The first-order valence-corrected chi connectivity index (χ1v) is 28.5. The summed E-state index contributed by atoms with van der Waals surface area (Å²) in [6, 6.07) is 38.8. The molecule has 2 heterocycles. The van der Waals surface area contributed by atoms with Crippen molar-refractivity contribution in [1.82, 2.24) is 9.97 Å². The maximum Gasteiger partial charge on any atom is 0.0702 e. The van der Waals surface area contributed by atoms with Crippen LogP contribution in [0.15, 0.2) is 148 Å². The molecule has 0 atom stereocenters. The summed E-state index contributed by atoms with van der Waals surface area (Å²) in [7, 11) is 0. The Morgan fingerprint density at radius 1 is 0.382 bits per heavy atom. The molecule has 6 heteroatoms. The molecule has 2 aromatic heterocycles. The normalized spacial score (nSPS) is 13.4. The molecule has 0 aliphatic carbocycles. The molecule has 0 spiro atoms. The van der Waals surface area contributed by atoms with E-state index in [0.717, 1.165) is 64.1 Å². The SMILES string of the molecule is CC(=Nc1c(C(C)C)cccc1C(C)C)/C(Cc1ccccn1)=C(/C)Nc1c(C(C)C)cccc1C(C)C.CC(=Nc1c(C(C)C)cccc1C(C)C)C(Cc1ccccn1)C(C)=Nc1c(C(C)C)cccc1C(C)C. The van der Waals surface area contributed by atoms with Crippen molar-refractivity contribution in [3.05, 3.63) is 189 Å². The van der Waals surface area contributed by atoms with Crippen molar-refractivity contribution < 1.29 is 0 Å². The molecular formula is C70H94N6. The Morgan fingerprint density at radius 3 is 1.01 bits per heavy atom. The van der Waals surface area contributed by atoms with E-state index in [9.17, 15) is 0 Å². The van der Waals surface area contributed by atoms with Gasteiger partial charge in [0.25, 0.3) is 0 Å². The van der Waals surface area contributed by atoms with Crippen molar-refractivity contribution in [2.24, 2.45) is 20.9 Å². The Bertz CT molecular complexity index is 2760. The second-order valence-corrected chi connectivity index (χ2v) is 23.4. The van der Waals surface area contributed by atoms with Crippen LogP contribution in [0.5, 0.6) is 0 Å². The second kappa shape index (κ2) is 28.2. The first-order chi connectivity index (χ1) is 36.0. The van der Waals surface area contributed by atoms with Gasteiger partial charge in [0.05, 0.1) is 17.1 Å². The van der Waals surface area contributed by atoms with Gasteiger partial charge in [-0.15, -0.1) is 0 Å². The van der Waals surface area contributed by atoms with Gasteiger partial charge in [0, 0.05) is 71.1 Å². The summed E-state index contributed by atoms with van der Waals surface area (Å²) in [6.07, 6.45) is 5.24. The Morgan fingerprint density at radius 2 is 0.697 bits per heavy atom. The van der Waals surface area contributed by atoms with Gasteiger partial charge >= 0.3 is 0 Å². The summed E-state index contributed by atoms with van der Waals surface area (Å²) in [5.41, 5.74) is 22.7. The monoisotopic (exact) mass is 1020 g/mol. The second-order valence-electron chi connectivity index (χ2n) is 23.4. The topological polar surface area (TPSA) is 74.9 Å². The van der Waals surface area contributed by atoms with Crippen LogP contribution in [0.25, 0.3) is 0 Å². The number of hydrogen-bond donors (Lipinski definition) is 1. The summed E-state index contributed by atoms with van der Waals surface area (Å²) in [5.74, 6) is 3.28. The zero-order valence-corrected chi connectivity index (χ0v) is 50.4. The molecule has 0 saturated carbocycles. The van der Waals surface area contributed by atoms with Crippen LogP contribution in [0.4, 0.5) is 22.7 Å². The van der Waals surface area contributed by atoms with E-state index in [1.54, 1.807) is 0 Å². The van der Waals surface area contributed by atoms with Crippen molar-refractivity contribution in [3.63, 3.8) is 0 Å². The Hall–Kier alpha value is -6.27. The Labute approximate surface area is 461 Å². The molecular weight excluding hydrogens is 925 g/mol. The number of pyridine rings is 2. The Kier molecular flexibility index (Phi) is 22.5. The molecule has 1 N–H and O–H groups in total. The standard InChI is InChI=1S/2C35H47N3/c2*1-22(2)29-16-13-17-30(23(3)4)34(29)37-26(9)33(21-28-15-11-12-20-36-28)27(10)38-35-31(24(5)6)18-14-19-32(35)25(7)8/h11-20,22-25,37H,21H2,1-10H3;11-20,22-25,33H,21H2,1-10H3/b33-26-,38-27?;. The van der Waals surface area contributed by atoms with Crippen molar-refractivity contribution in [3.8, 4) is 0 Å². The smallest absolute Gasteiger partial charge is 0.0702 e. The van der Waals surface area contributed by atoms with Crippen LogP contribution in [-0.2, 0) is 12.8 Å². The largest absolute Gasteiger partial charge is 0.358 e. The lowest BCUT2D eigenvalue weighted by Crippen LogP contribution is -2.23. The molecule has 0 bridgehead atoms. The number of nitrogens with zero attached hydrogens (tertiary/aromatic N) is 5. The predicted octanol–water partition coefficient (Wildman–Crippen LogP) is 20.6. The molecule has 404 valence electrons. The number of aromatic nitrogens is 2. The number of hydrogen-bond acceptors (Lipinski definition) is 6. The van der Waals surface area contributed by atoms with Crippen molar-refractivity contribution in [1.29, 1.82) is 0 Å². The molecule has 0 aliphatic heterocycles. The minimum atomic E-state index is 0.0466. The average molecular weight is 1020 g/mol. The van der Waals surface area contributed by atoms with Gasteiger partial charge in [-0.25, -0.2) is 0 Å². The molecule has 0 radical (unpaired) electrons. The minimum absolute atomic E-state index is 0.0466. The molecule has 6 rings (SSSR count). The lowest BCUT2D eigenvalue weighted by Gasteiger charge is -2.23. The van der Waals surface area contributed by atoms with Gasteiger partial charge in [0.15, 0.2) is 0 Å². The van der Waals surface area contributed by atoms with Crippen LogP contribution in [0.2, 0.25) is 0 Å². The van der Waals surface area contributed by atoms with Crippen LogP contribution in [0, 0.1) is 5.92 Å². The fraction of sp³-hybridized carbons (Fsp3) is 0.443. The number of rotatable bonds is 20. The van der Waals surface area contributed by atoms with Crippen LogP contribution in [-0.4, -0.2) is 27.1 Å². The average Bonchev–Trinajstić information content (AvgIpc) is 3.37. The van der Waals surface area contributed by atoms with Crippen molar-refractivity contribution in [2.45, 2.75) is 199 Å². The number of allylic oxidation sites excluding steroid dienone is 2. The zero-order valence-electron chi connectivity index (χ0n) is 50.4. The third-order valence-corrected chi connectivity index (χ3v) is 14.7. The maximum atomic E-state index is 5.38. The zero-order chi connectivity index (χ0) is 56.0. The predicted molar refractivity (Wildman–Crippen MR) is 332 cm³/mol. The van der Waals surface area contributed by atoms with Gasteiger partial charge in [0.2, 0.25) is 0 Å². The maximum absolute atomic E-state index is 5.38. The van der Waals surface area contributed by atoms with Gasteiger partial charge in [-0.3, -0.25) is 24.9 Å². The summed E-state index contributed by atoms with van der Waals surface area (Å²) >= 11 is 0. The molecule has 0 unspecified atom stereocenters. The van der Waals surface area contributed by atoms with Crippen LogP contribution in [0.3, 0.4) is 0 Å². The molecule has 0 fully saturated rings. The quantitative estimate of drug-likeness (QED) is 0.0774. The highest BCUT2D eigenvalue weighted by Gasteiger charge is 2.23. The van der Waals surface area contributed by atoms with E-state index >= 15 is 0 Å². The van der Waals surface area contributed by atoms with E-state index in [4.69, 9.17) is 15.0 Å². The van der Waals surface area contributed by atoms with E-state index in [-0.39, 0.29) is 5.92 Å². The first-order valence-electron chi connectivity index (χ1n) is 28.5. The number of anilines is 1. The summed E-state index contributed by atoms with van der Waals surface area (Å²) < 4.78 is 0. The number of aliphatic imine (C=N–C) groups is 3. The summed E-state index contributed by atoms with van der Waals surface area (Å²) in [5, 5.41) is 3.87. The van der Waals surface area contributed by atoms with E-state index < -0.39 is 0 Å². The molecule has 0 saturated heterocycles. The van der Waals surface area contributed by atoms with Gasteiger partial charge < -0.3 is 5.32 Å². The third-order valence-electron chi connectivity index (χ3n) is 14.7. The number of benzene rings is 4. The van der Waals surface area contributed by atoms with Crippen LogP contribution < -0.4 is 5.32 Å². The summed E-state index contributed by atoms with van der Waals surface area (Å²) in [6.45, 7) is 44.8. The molecule has 0 aliphatic rings. The van der Waals surface area contributed by atoms with E-state index in [2.05, 4.69) is 251 Å². The minimum Gasteiger partial charge on any atom is -0.358 e. The Balaban J connectivity index is 0.000000281. The van der Waals surface area contributed by atoms with Gasteiger partial charge in [0.1, 0.15) is 0 Å². The van der Waals surface area contributed by atoms with Crippen molar-refractivity contribution >= 4 is 39.9 Å².